The zero-order valence-electron chi connectivity index (χ0n) is 18.4. The molecule has 0 aliphatic heterocycles. The number of nitrogens with one attached hydrogen (secondary N) is 2. The lowest BCUT2D eigenvalue weighted by Gasteiger charge is -2.18. The van der Waals surface area contributed by atoms with E-state index < -0.39 is 0 Å². The van der Waals surface area contributed by atoms with Crippen LogP contribution < -0.4 is 20.1 Å². The summed E-state index contributed by atoms with van der Waals surface area (Å²) in [6.07, 6.45) is 0.437. The number of hydrogen-bond donors (Lipinski definition) is 2. The van der Waals surface area contributed by atoms with Gasteiger partial charge in [0, 0.05) is 23.1 Å². The molecule has 2 aromatic carbocycles. The van der Waals surface area contributed by atoms with E-state index in [0.717, 1.165) is 10.6 Å². The van der Waals surface area contributed by atoms with Crippen LogP contribution in [0.15, 0.2) is 47.4 Å². The van der Waals surface area contributed by atoms with Crippen LogP contribution in [0.5, 0.6) is 11.5 Å². The second-order valence-corrected chi connectivity index (χ2v) is 9.54. The maximum Gasteiger partial charge on any atom is 0.237 e. The van der Waals surface area contributed by atoms with Crippen molar-refractivity contribution in [1.82, 2.24) is 0 Å². The molecule has 7 heteroatoms. The molecule has 30 heavy (non-hydrogen) atoms. The van der Waals surface area contributed by atoms with E-state index >= 15 is 0 Å². The lowest BCUT2D eigenvalue weighted by Crippen LogP contribution is -2.22. The molecule has 0 aliphatic rings. The van der Waals surface area contributed by atoms with E-state index in [9.17, 15) is 9.59 Å². The Morgan fingerprint density at radius 3 is 2.40 bits per heavy atom. The molecule has 0 saturated carbocycles. The maximum absolute atomic E-state index is 12.7. The Balaban J connectivity index is 2.01. The number of benzene rings is 2. The quantitative estimate of drug-likeness (QED) is 0.563. The zero-order valence-corrected chi connectivity index (χ0v) is 19.2. The van der Waals surface area contributed by atoms with E-state index in [-0.39, 0.29) is 22.5 Å². The van der Waals surface area contributed by atoms with Crippen LogP contribution in [0.1, 0.15) is 34.1 Å². The zero-order chi connectivity index (χ0) is 22.3. The Morgan fingerprint density at radius 2 is 1.77 bits per heavy atom. The molecule has 0 fully saturated rings. The van der Waals surface area contributed by atoms with Crippen LogP contribution in [0.4, 0.5) is 11.4 Å². The second-order valence-electron chi connectivity index (χ2n) is 8.13. The van der Waals surface area contributed by atoms with Crippen molar-refractivity contribution in [2.45, 2.75) is 44.3 Å². The largest absolute Gasteiger partial charge is 0.497 e. The third-order valence-electron chi connectivity index (χ3n) is 4.16. The summed E-state index contributed by atoms with van der Waals surface area (Å²) >= 11 is 1.42. The first-order chi connectivity index (χ1) is 14.1. The van der Waals surface area contributed by atoms with E-state index in [4.69, 9.17) is 9.47 Å². The number of carbonyl (C=O) groups is 2. The third-order valence-corrected chi connectivity index (χ3v) is 5.25. The summed E-state index contributed by atoms with van der Waals surface area (Å²) in [7, 11) is 3.12. The molecular formula is C23H30N2O4S. The number of hydrogen-bond acceptors (Lipinski definition) is 5. The lowest BCUT2D eigenvalue weighted by molar-refractivity contribution is -0.118. The van der Waals surface area contributed by atoms with Crippen molar-refractivity contribution in [1.29, 1.82) is 0 Å². The molecule has 2 amide bonds. The SMILES string of the molecule is COc1ccc(NC(=O)C(C)Sc2cccc(NC(=O)CC(C)(C)C)c2)c(OC)c1. The smallest absolute Gasteiger partial charge is 0.237 e. The van der Waals surface area contributed by atoms with Crippen molar-refractivity contribution in [2.75, 3.05) is 24.9 Å². The summed E-state index contributed by atoms with van der Waals surface area (Å²) in [5.41, 5.74) is 1.23. The number of methoxy groups -OCH3 is 2. The van der Waals surface area contributed by atoms with Crippen LogP contribution in [-0.2, 0) is 9.59 Å². The summed E-state index contributed by atoms with van der Waals surface area (Å²) in [6, 6.07) is 12.7. The number of carbonyl (C=O) groups excluding carboxylic acids is 2. The molecule has 0 heterocycles. The van der Waals surface area contributed by atoms with E-state index in [1.165, 1.54) is 11.8 Å². The molecule has 162 valence electrons. The standard InChI is InChI=1S/C23H30N2O4S/c1-15(22(27)25-19-11-10-17(28-5)13-20(19)29-6)30-18-9-7-8-16(12-18)24-21(26)14-23(2,3)4/h7-13,15H,14H2,1-6H3,(H,24,26)(H,25,27). The highest BCUT2D eigenvalue weighted by molar-refractivity contribution is 8.00. The Hall–Kier alpha value is -2.67. The van der Waals surface area contributed by atoms with Crippen molar-refractivity contribution in [3.8, 4) is 11.5 Å². The Kier molecular flexibility index (Phi) is 8.17. The van der Waals surface area contributed by atoms with E-state index in [1.54, 1.807) is 32.4 Å². The minimum absolute atomic E-state index is 0.0259. The summed E-state index contributed by atoms with van der Waals surface area (Å²) in [6.45, 7) is 7.91. The van der Waals surface area contributed by atoms with Crippen LogP contribution in [-0.4, -0.2) is 31.3 Å². The molecular weight excluding hydrogens is 400 g/mol. The third kappa shape index (κ3) is 7.30. The number of thioether (sulfide) groups is 1. The van der Waals surface area contributed by atoms with Gasteiger partial charge in [0.25, 0.3) is 0 Å². The first-order valence-electron chi connectivity index (χ1n) is 9.71. The predicted molar refractivity (Wildman–Crippen MR) is 123 cm³/mol. The maximum atomic E-state index is 12.7. The van der Waals surface area contributed by atoms with Crippen LogP contribution in [0.25, 0.3) is 0 Å². The first kappa shape index (κ1) is 23.6. The van der Waals surface area contributed by atoms with Gasteiger partial charge in [-0.1, -0.05) is 26.8 Å². The summed E-state index contributed by atoms with van der Waals surface area (Å²) < 4.78 is 10.5. The molecule has 0 radical (unpaired) electrons. The van der Waals surface area contributed by atoms with Crippen molar-refractivity contribution in [3.05, 3.63) is 42.5 Å². The molecule has 2 N–H and O–H groups in total. The fourth-order valence-corrected chi connectivity index (χ4v) is 3.65. The van der Waals surface area contributed by atoms with Gasteiger partial charge in [0.1, 0.15) is 11.5 Å². The van der Waals surface area contributed by atoms with Gasteiger partial charge in [-0.3, -0.25) is 9.59 Å². The van der Waals surface area contributed by atoms with Crippen molar-refractivity contribution < 1.29 is 19.1 Å². The van der Waals surface area contributed by atoms with Gasteiger partial charge in [-0.05, 0) is 42.7 Å². The second kappa shape index (κ2) is 10.4. The number of amides is 2. The molecule has 1 atom stereocenters. The Bertz CT molecular complexity index is 893. The molecule has 0 bridgehead atoms. The number of rotatable bonds is 8. The van der Waals surface area contributed by atoms with Crippen LogP contribution >= 0.6 is 11.8 Å². The molecule has 0 spiro atoms. The van der Waals surface area contributed by atoms with Gasteiger partial charge in [0.15, 0.2) is 0 Å². The highest BCUT2D eigenvalue weighted by Gasteiger charge is 2.18. The minimum atomic E-state index is -0.350. The van der Waals surface area contributed by atoms with Crippen LogP contribution in [0, 0.1) is 5.41 Å². The fourth-order valence-electron chi connectivity index (χ4n) is 2.73. The summed E-state index contributed by atoms with van der Waals surface area (Å²) in [4.78, 5) is 25.7. The van der Waals surface area contributed by atoms with Crippen LogP contribution in [0.2, 0.25) is 0 Å². The van der Waals surface area contributed by atoms with Crippen molar-refractivity contribution >= 4 is 35.0 Å². The van der Waals surface area contributed by atoms with Gasteiger partial charge in [-0.25, -0.2) is 0 Å². The van der Waals surface area contributed by atoms with Gasteiger partial charge < -0.3 is 20.1 Å². The van der Waals surface area contributed by atoms with E-state index in [2.05, 4.69) is 10.6 Å². The van der Waals surface area contributed by atoms with Gasteiger partial charge in [-0.15, -0.1) is 11.8 Å². The highest BCUT2D eigenvalue weighted by Crippen LogP contribution is 2.31. The molecule has 0 aliphatic carbocycles. The minimum Gasteiger partial charge on any atom is -0.497 e. The highest BCUT2D eigenvalue weighted by atomic mass is 32.2. The normalized spacial score (nSPS) is 12.1. The lowest BCUT2D eigenvalue weighted by atomic mass is 9.92. The average molecular weight is 431 g/mol. The Morgan fingerprint density at radius 1 is 1.03 bits per heavy atom. The summed E-state index contributed by atoms with van der Waals surface area (Å²) in [5, 5.41) is 5.47. The van der Waals surface area contributed by atoms with Crippen molar-refractivity contribution in [3.63, 3.8) is 0 Å². The molecule has 2 aromatic rings. The van der Waals surface area contributed by atoms with Crippen LogP contribution in [0.3, 0.4) is 0 Å². The number of anilines is 2. The van der Waals surface area contributed by atoms with Gasteiger partial charge in [-0.2, -0.15) is 0 Å². The molecule has 1 unspecified atom stereocenters. The predicted octanol–water partition coefficient (Wildman–Crippen LogP) is 5.20. The first-order valence-corrected chi connectivity index (χ1v) is 10.6. The molecule has 0 saturated heterocycles. The Labute approximate surface area is 182 Å². The van der Waals surface area contributed by atoms with Gasteiger partial charge in [0.2, 0.25) is 11.8 Å². The number of ether oxygens (including phenoxy) is 2. The molecule has 2 rings (SSSR count). The van der Waals surface area contributed by atoms with Gasteiger partial charge in [0.05, 0.1) is 25.2 Å². The fraction of sp³-hybridized carbons (Fsp3) is 0.391. The van der Waals surface area contributed by atoms with Crippen molar-refractivity contribution in [2.24, 2.45) is 5.41 Å². The monoisotopic (exact) mass is 430 g/mol. The van der Waals surface area contributed by atoms with Gasteiger partial charge >= 0.3 is 0 Å². The average Bonchev–Trinajstić information content (AvgIpc) is 2.66. The van der Waals surface area contributed by atoms with E-state index in [1.807, 2.05) is 52.0 Å². The summed E-state index contributed by atoms with van der Waals surface area (Å²) in [5.74, 6) is 1.01. The molecule has 0 aromatic heterocycles. The molecule has 6 nitrogen and oxygen atoms in total. The topological polar surface area (TPSA) is 76.7 Å². The van der Waals surface area contributed by atoms with E-state index in [0.29, 0.717) is 23.6 Å².